The van der Waals surface area contributed by atoms with Gasteiger partial charge in [0.25, 0.3) is 0 Å². The van der Waals surface area contributed by atoms with Crippen LogP contribution >= 0.6 is 12.6 Å². The molecule has 0 rings (SSSR count). The standard InChI is InChI=1S/C7H14F3NOS/c8-7(9,10)6-11(3-4-12)2-1-5-13/h12-13H,1-6H2. The van der Waals surface area contributed by atoms with Gasteiger partial charge in [-0.3, -0.25) is 4.90 Å². The van der Waals surface area contributed by atoms with Gasteiger partial charge in [-0.2, -0.15) is 25.8 Å². The fourth-order valence-corrected chi connectivity index (χ4v) is 1.10. The molecule has 0 aliphatic carbocycles. The minimum atomic E-state index is -4.19. The topological polar surface area (TPSA) is 23.5 Å². The van der Waals surface area contributed by atoms with E-state index in [0.717, 1.165) is 0 Å². The van der Waals surface area contributed by atoms with Gasteiger partial charge in [0.1, 0.15) is 0 Å². The lowest BCUT2D eigenvalue weighted by Gasteiger charge is -2.22. The van der Waals surface area contributed by atoms with Gasteiger partial charge in [0.05, 0.1) is 13.2 Å². The molecule has 0 aliphatic rings. The van der Waals surface area contributed by atoms with Crippen LogP contribution in [0.15, 0.2) is 0 Å². The van der Waals surface area contributed by atoms with E-state index in [2.05, 4.69) is 12.6 Å². The van der Waals surface area contributed by atoms with Crippen molar-refractivity contribution in [2.75, 3.05) is 32.0 Å². The Morgan fingerprint density at radius 1 is 1.23 bits per heavy atom. The lowest BCUT2D eigenvalue weighted by Crippen LogP contribution is -2.37. The Labute approximate surface area is 81.1 Å². The van der Waals surface area contributed by atoms with Gasteiger partial charge < -0.3 is 5.11 Å². The highest BCUT2D eigenvalue weighted by atomic mass is 32.1. The number of aliphatic hydroxyl groups excluding tert-OH is 1. The Bertz CT molecular complexity index is 131. The number of rotatable bonds is 6. The largest absolute Gasteiger partial charge is 0.401 e. The van der Waals surface area contributed by atoms with Crippen molar-refractivity contribution in [2.45, 2.75) is 12.6 Å². The summed E-state index contributed by atoms with van der Waals surface area (Å²) in [5, 5.41) is 8.50. The number of aliphatic hydroxyl groups is 1. The van der Waals surface area contributed by atoms with E-state index in [-0.39, 0.29) is 13.2 Å². The summed E-state index contributed by atoms with van der Waals surface area (Å²) in [5.74, 6) is 0.555. The molecule has 1 N–H and O–H groups in total. The summed E-state index contributed by atoms with van der Waals surface area (Å²) in [7, 11) is 0. The molecule has 80 valence electrons. The summed E-state index contributed by atoms with van der Waals surface area (Å²) in [6.45, 7) is -0.819. The van der Waals surface area contributed by atoms with Crippen LogP contribution in [-0.2, 0) is 0 Å². The van der Waals surface area contributed by atoms with Crippen LogP contribution in [0.4, 0.5) is 13.2 Å². The van der Waals surface area contributed by atoms with Crippen LogP contribution in [0.2, 0.25) is 0 Å². The van der Waals surface area contributed by atoms with Crippen LogP contribution in [0.25, 0.3) is 0 Å². The second-order valence-corrected chi connectivity index (χ2v) is 3.14. The molecule has 0 heterocycles. The van der Waals surface area contributed by atoms with Gasteiger partial charge in [0.2, 0.25) is 0 Å². The molecular weight excluding hydrogens is 203 g/mol. The first-order valence-electron chi connectivity index (χ1n) is 4.00. The summed E-state index contributed by atoms with van der Waals surface area (Å²) in [4.78, 5) is 1.18. The van der Waals surface area contributed by atoms with Gasteiger partial charge in [-0.1, -0.05) is 0 Å². The molecule has 6 heteroatoms. The number of thiol groups is 1. The first-order valence-corrected chi connectivity index (χ1v) is 4.63. The van der Waals surface area contributed by atoms with E-state index in [0.29, 0.717) is 18.7 Å². The molecule has 0 aliphatic heterocycles. The Morgan fingerprint density at radius 2 is 1.85 bits per heavy atom. The SMILES string of the molecule is OCCN(CCCS)CC(F)(F)F. The van der Waals surface area contributed by atoms with Crippen molar-refractivity contribution in [3.8, 4) is 0 Å². The quantitative estimate of drug-likeness (QED) is 0.652. The smallest absolute Gasteiger partial charge is 0.395 e. The van der Waals surface area contributed by atoms with Crippen molar-refractivity contribution in [1.82, 2.24) is 4.90 Å². The van der Waals surface area contributed by atoms with Crippen LogP contribution in [0.5, 0.6) is 0 Å². The molecule has 13 heavy (non-hydrogen) atoms. The number of hydrogen-bond acceptors (Lipinski definition) is 3. The van der Waals surface area contributed by atoms with Crippen molar-refractivity contribution in [3.63, 3.8) is 0 Å². The minimum absolute atomic E-state index is 0.0628. The average molecular weight is 217 g/mol. The molecule has 0 aromatic carbocycles. The Hall–Kier alpha value is 0.0600. The zero-order valence-corrected chi connectivity index (χ0v) is 8.11. The fraction of sp³-hybridized carbons (Fsp3) is 1.00. The summed E-state index contributed by atoms with van der Waals surface area (Å²) >= 11 is 3.90. The predicted molar refractivity (Wildman–Crippen MR) is 48.1 cm³/mol. The molecule has 0 radical (unpaired) electrons. The molecule has 2 nitrogen and oxygen atoms in total. The van der Waals surface area contributed by atoms with Gasteiger partial charge in [-0.05, 0) is 18.7 Å². The predicted octanol–water partition coefficient (Wildman–Crippen LogP) is 1.16. The Kier molecular flexibility index (Phi) is 6.53. The van der Waals surface area contributed by atoms with E-state index >= 15 is 0 Å². The second-order valence-electron chi connectivity index (χ2n) is 2.69. The van der Waals surface area contributed by atoms with Crippen molar-refractivity contribution in [1.29, 1.82) is 0 Å². The molecule has 0 atom stereocenters. The normalized spacial score (nSPS) is 12.5. The first-order chi connectivity index (χ1) is 5.99. The highest BCUT2D eigenvalue weighted by Gasteiger charge is 2.29. The molecule has 0 aromatic heterocycles. The maximum Gasteiger partial charge on any atom is 0.401 e. The van der Waals surface area contributed by atoms with Gasteiger partial charge in [0, 0.05) is 6.54 Å². The molecule has 0 unspecified atom stereocenters. The summed E-state index contributed by atoms with van der Waals surface area (Å²) in [5.41, 5.74) is 0. The van der Waals surface area contributed by atoms with Crippen molar-refractivity contribution < 1.29 is 18.3 Å². The summed E-state index contributed by atoms with van der Waals surface area (Å²) in [6, 6.07) is 0. The molecule has 0 fully saturated rings. The van der Waals surface area contributed by atoms with E-state index in [1.54, 1.807) is 0 Å². The molecule has 0 amide bonds. The Balaban J connectivity index is 3.79. The number of alkyl halides is 3. The number of hydrogen-bond donors (Lipinski definition) is 2. The second kappa shape index (κ2) is 6.50. The third-order valence-corrected chi connectivity index (χ3v) is 1.77. The van der Waals surface area contributed by atoms with Crippen LogP contribution < -0.4 is 0 Å². The molecular formula is C7H14F3NOS. The Morgan fingerprint density at radius 3 is 2.23 bits per heavy atom. The molecule has 0 saturated heterocycles. The average Bonchev–Trinajstić information content (AvgIpc) is 1.98. The van der Waals surface area contributed by atoms with Crippen LogP contribution in [0.1, 0.15) is 6.42 Å². The van der Waals surface area contributed by atoms with E-state index in [4.69, 9.17) is 5.11 Å². The molecule has 0 spiro atoms. The number of nitrogens with zero attached hydrogens (tertiary/aromatic N) is 1. The summed E-state index contributed by atoms with van der Waals surface area (Å²) < 4.78 is 35.7. The van der Waals surface area contributed by atoms with Crippen molar-refractivity contribution >= 4 is 12.6 Å². The van der Waals surface area contributed by atoms with Gasteiger partial charge in [-0.15, -0.1) is 0 Å². The van der Waals surface area contributed by atoms with Crippen molar-refractivity contribution in [3.05, 3.63) is 0 Å². The van der Waals surface area contributed by atoms with Gasteiger partial charge in [0.15, 0.2) is 0 Å². The molecule has 0 aromatic rings. The summed E-state index contributed by atoms with van der Waals surface area (Å²) in [6.07, 6.45) is -3.59. The van der Waals surface area contributed by atoms with E-state index in [1.807, 2.05) is 0 Å². The third kappa shape index (κ3) is 8.39. The minimum Gasteiger partial charge on any atom is -0.395 e. The van der Waals surface area contributed by atoms with Crippen LogP contribution in [0.3, 0.4) is 0 Å². The number of halogens is 3. The maximum atomic E-state index is 11.9. The van der Waals surface area contributed by atoms with E-state index < -0.39 is 12.7 Å². The zero-order valence-electron chi connectivity index (χ0n) is 7.22. The molecule has 0 saturated carbocycles. The zero-order chi connectivity index (χ0) is 10.3. The lowest BCUT2D eigenvalue weighted by molar-refractivity contribution is -0.146. The first kappa shape index (κ1) is 13.1. The van der Waals surface area contributed by atoms with Crippen LogP contribution in [-0.4, -0.2) is 48.2 Å². The van der Waals surface area contributed by atoms with Crippen LogP contribution in [0, 0.1) is 0 Å². The van der Waals surface area contributed by atoms with Crippen molar-refractivity contribution in [2.24, 2.45) is 0 Å². The van der Waals surface area contributed by atoms with E-state index in [1.165, 1.54) is 4.90 Å². The van der Waals surface area contributed by atoms with Gasteiger partial charge >= 0.3 is 6.18 Å². The van der Waals surface area contributed by atoms with Gasteiger partial charge in [-0.25, -0.2) is 0 Å². The third-order valence-electron chi connectivity index (χ3n) is 1.45. The van der Waals surface area contributed by atoms with E-state index in [9.17, 15) is 13.2 Å². The maximum absolute atomic E-state index is 11.9. The molecule has 0 bridgehead atoms. The lowest BCUT2D eigenvalue weighted by atomic mass is 10.4. The highest BCUT2D eigenvalue weighted by Crippen LogP contribution is 2.16. The monoisotopic (exact) mass is 217 g/mol. The fourth-order valence-electron chi connectivity index (χ4n) is 0.959. The highest BCUT2D eigenvalue weighted by molar-refractivity contribution is 7.80.